The lowest BCUT2D eigenvalue weighted by atomic mass is 10.0. The number of aliphatic carboxylic acids is 1. The molecular formula is C22H19FN4O4S. The first-order chi connectivity index (χ1) is 15.6. The average molecular weight is 454 g/mol. The Labute approximate surface area is 186 Å². The zero-order valence-electron chi connectivity index (χ0n) is 17.0. The minimum Gasteiger partial charge on any atom is -0.481 e. The number of hydrogen-bond donors (Lipinski definition) is 1. The van der Waals surface area contributed by atoms with Gasteiger partial charge >= 0.3 is 5.97 Å². The van der Waals surface area contributed by atoms with Crippen LogP contribution in [0.25, 0.3) is 21.3 Å². The minimum atomic E-state index is -1.05. The van der Waals surface area contributed by atoms with Crippen molar-refractivity contribution >= 4 is 33.2 Å². The number of halogens is 1. The zero-order valence-corrected chi connectivity index (χ0v) is 17.8. The van der Waals surface area contributed by atoms with Gasteiger partial charge in [-0.2, -0.15) is 0 Å². The van der Waals surface area contributed by atoms with Crippen LogP contribution < -0.4 is 4.90 Å². The van der Waals surface area contributed by atoms with Gasteiger partial charge in [0, 0.05) is 24.3 Å². The number of thiazole rings is 1. The Balaban J connectivity index is 1.38. The Bertz CT molecular complexity index is 1260. The molecule has 32 heavy (non-hydrogen) atoms. The first-order valence-electron chi connectivity index (χ1n) is 10.1. The van der Waals surface area contributed by atoms with E-state index in [0.717, 1.165) is 24.3 Å². The molecule has 4 aromatic rings. The minimum absolute atomic E-state index is 0.0302. The zero-order chi connectivity index (χ0) is 22.1. The van der Waals surface area contributed by atoms with Gasteiger partial charge in [-0.25, -0.2) is 9.37 Å². The summed E-state index contributed by atoms with van der Waals surface area (Å²) in [6.07, 6.45) is -0.121. The van der Waals surface area contributed by atoms with Gasteiger partial charge in [-0.05, 0) is 29.8 Å². The molecule has 1 fully saturated rings. The maximum absolute atomic E-state index is 15.3. The number of carboxylic acid groups (broad SMARTS) is 1. The van der Waals surface area contributed by atoms with E-state index in [2.05, 4.69) is 20.1 Å². The summed E-state index contributed by atoms with van der Waals surface area (Å²) in [7, 11) is 0. The molecule has 0 unspecified atom stereocenters. The van der Waals surface area contributed by atoms with E-state index in [4.69, 9.17) is 14.3 Å². The molecule has 2 aromatic carbocycles. The summed E-state index contributed by atoms with van der Waals surface area (Å²) < 4.78 is 26.5. The van der Waals surface area contributed by atoms with Crippen molar-refractivity contribution in [1.82, 2.24) is 15.2 Å². The first kappa shape index (κ1) is 20.5. The predicted molar refractivity (Wildman–Crippen MR) is 116 cm³/mol. The second-order valence-electron chi connectivity index (χ2n) is 7.37. The molecule has 1 aliphatic heterocycles. The highest BCUT2D eigenvalue weighted by Crippen LogP contribution is 2.34. The van der Waals surface area contributed by atoms with Crippen molar-refractivity contribution in [3.8, 4) is 11.1 Å². The number of benzene rings is 2. The maximum atomic E-state index is 15.3. The summed E-state index contributed by atoms with van der Waals surface area (Å²) in [5.41, 5.74) is 2.97. The molecular weight excluding hydrogens is 435 g/mol. The largest absolute Gasteiger partial charge is 0.481 e. The van der Waals surface area contributed by atoms with E-state index in [1.807, 2.05) is 24.3 Å². The standard InChI is InChI=1S/C22H19FN4O4S/c23-21-15(13-1-3-14(4-2-13)27-7-9-30-10-8-27)5-6-16-22(21)32-19(24-16)11-17-25-26-18(31-17)12-20(28)29/h1-6H,7-12H2,(H,28,29). The van der Waals surface area contributed by atoms with Gasteiger partial charge in [-0.3, -0.25) is 4.79 Å². The molecule has 1 aliphatic rings. The maximum Gasteiger partial charge on any atom is 0.312 e. The third kappa shape index (κ3) is 4.19. The molecule has 1 saturated heterocycles. The number of carbonyl (C=O) groups is 1. The number of aromatic nitrogens is 3. The second kappa shape index (κ2) is 8.64. The van der Waals surface area contributed by atoms with Crippen LogP contribution in [-0.2, 0) is 22.4 Å². The van der Waals surface area contributed by atoms with Gasteiger partial charge in [-0.15, -0.1) is 21.5 Å². The van der Waals surface area contributed by atoms with Crippen molar-refractivity contribution in [2.75, 3.05) is 31.2 Å². The number of hydrogen-bond acceptors (Lipinski definition) is 8. The van der Waals surface area contributed by atoms with Gasteiger partial charge in [0.05, 0.1) is 29.9 Å². The lowest BCUT2D eigenvalue weighted by Crippen LogP contribution is -2.36. The van der Waals surface area contributed by atoms with E-state index >= 15 is 4.39 Å². The van der Waals surface area contributed by atoms with Crippen LogP contribution in [0.5, 0.6) is 0 Å². The fraction of sp³-hybridized carbons (Fsp3) is 0.273. The van der Waals surface area contributed by atoms with E-state index in [9.17, 15) is 4.79 Å². The van der Waals surface area contributed by atoms with Crippen molar-refractivity contribution in [2.45, 2.75) is 12.8 Å². The number of morpholine rings is 1. The topological polar surface area (TPSA) is 102 Å². The van der Waals surface area contributed by atoms with Crippen LogP contribution in [0, 0.1) is 5.82 Å². The number of carboxylic acids is 1. The summed E-state index contributed by atoms with van der Waals surface area (Å²) in [5.74, 6) is -1.09. The lowest BCUT2D eigenvalue weighted by Gasteiger charge is -2.28. The molecule has 10 heteroatoms. The summed E-state index contributed by atoms with van der Waals surface area (Å²) in [6.45, 7) is 3.12. The van der Waals surface area contributed by atoms with E-state index in [1.165, 1.54) is 11.3 Å². The molecule has 0 spiro atoms. The molecule has 8 nitrogen and oxygen atoms in total. The lowest BCUT2D eigenvalue weighted by molar-refractivity contribution is -0.136. The molecule has 0 bridgehead atoms. The van der Waals surface area contributed by atoms with E-state index < -0.39 is 5.97 Å². The van der Waals surface area contributed by atoms with Crippen molar-refractivity contribution in [3.63, 3.8) is 0 Å². The van der Waals surface area contributed by atoms with Crippen molar-refractivity contribution in [2.24, 2.45) is 0 Å². The molecule has 2 aromatic heterocycles. The van der Waals surface area contributed by atoms with Gasteiger partial charge < -0.3 is 19.2 Å². The van der Waals surface area contributed by atoms with Crippen LogP contribution in [0.4, 0.5) is 10.1 Å². The predicted octanol–water partition coefficient (Wildman–Crippen LogP) is 3.54. The molecule has 0 amide bonds. The van der Waals surface area contributed by atoms with Crippen molar-refractivity contribution < 1.29 is 23.4 Å². The normalized spacial score (nSPS) is 14.2. The van der Waals surface area contributed by atoms with Crippen LogP contribution >= 0.6 is 11.3 Å². The van der Waals surface area contributed by atoms with Crippen LogP contribution in [-0.4, -0.2) is 52.6 Å². The Kier molecular flexibility index (Phi) is 5.54. The van der Waals surface area contributed by atoms with Gasteiger partial charge in [0.2, 0.25) is 11.8 Å². The monoisotopic (exact) mass is 454 g/mol. The highest BCUT2D eigenvalue weighted by Gasteiger charge is 2.17. The van der Waals surface area contributed by atoms with Gasteiger partial charge in [0.15, 0.2) is 0 Å². The first-order valence-corrected chi connectivity index (χ1v) is 10.9. The van der Waals surface area contributed by atoms with Gasteiger partial charge in [0.1, 0.15) is 17.2 Å². The number of anilines is 1. The number of nitrogens with zero attached hydrogens (tertiary/aromatic N) is 4. The molecule has 0 atom stereocenters. The van der Waals surface area contributed by atoms with E-state index in [-0.39, 0.29) is 30.4 Å². The molecule has 164 valence electrons. The van der Waals surface area contributed by atoms with Crippen LogP contribution in [0.3, 0.4) is 0 Å². The fourth-order valence-electron chi connectivity index (χ4n) is 3.67. The Morgan fingerprint density at radius 1 is 1.09 bits per heavy atom. The summed E-state index contributed by atoms with van der Waals surface area (Å²) in [4.78, 5) is 17.5. The summed E-state index contributed by atoms with van der Waals surface area (Å²) in [5, 5.41) is 17.0. The molecule has 1 N–H and O–H groups in total. The Hall–Kier alpha value is -3.37. The Morgan fingerprint density at radius 2 is 1.84 bits per heavy atom. The molecule has 0 aliphatic carbocycles. The second-order valence-corrected chi connectivity index (χ2v) is 8.45. The van der Waals surface area contributed by atoms with Crippen molar-refractivity contribution in [1.29, 1.82) is 0 Å². The van der Waals surface area contributed by atoms with Crippen LogP contribution in [0.1, 0.15) is 16.8 Å². The van der Waals surface area contributed by atoms with E-state index in [1.54, 1.807) is 12.1 Å². The number of ether oxygens (including phenoxy) is 1. The summed E-state index contributed by atoms with van der Waals surface area (Å²) in [6, 6.07) is 11.4. The molecule has 3 heterocycles. The van der Waals surface area contributed by atoms with Crippen LogP contribution in [0.15, 0.2) is 40.8 Å². The molecule has 0 radical (unpaired) electrons. The Morgan fingerprint density at radius 3 is 2.59 bits per heavy atom. The number of fused-ring (bicyclic) bond motifs is 1. The van der Waals surface area contributed by atoms with E-state index in [0.29, 0.717) is 34.0 Å². The average Bonchev–Trinajstić information content (AvgIpc) is 3.41. The third-order valence-corrected chi connectivity index (χ3v) is 6.27. The van der Waals surface area contributed by atoms with Gasteiger partial charge in [-0.1, -0.05) is 12.1 Å². The highest BCUT2D eigenvalue weighted by molar-refractivity contribution is 7.18. The SMILES string of the molecule is O=C(O)Cc1nnc(Cc2nc3ccc(-c4ccc(N5CCOCC5)cc4)c(F)c3s2)o1. The van der Waals surface area contributed by atoms with Crippen LogP contribution in [0.2, 0.25) is 0 Å². The highest BCUT2D eigenvalue weighted by atomic mass is 32.1. The number of rotatable bonds is 6. The quantitative estimate of drug-likeness (QED) is 0.472. The molecule has 5 rings (SSSR count). The van der Waals surface area contributed by atoms with Gasteiger partial charge in [0.25, 0.3) is 0 Å². The smallest absolute Gasteiger partial charge is 0.312 e. The fourth-order valence-corrected chi connectivity index (χ4v) is 4.66. The van der Waals surface area contributed by atoms with Crippen molar-refractivity contribution in [3.05, 3.63) is 59.0 Å². The summed E-state index contributed by atoms with van der Waals surface area (Å²) >= 11 is 1.22. The third-order valence-electron chi connectivity index (χ3n) is 5.21. The molecule has 0 saturated carbocycles.